The van der Waals surface area contributed by atoms with Crippen LogP contribution in [0.25, 0.3) is 0 Å². The number of rotatable bonds is 4. The van der Waals surface area contributed by atoms with E-state index in [9.17, 15) is 4.39 Å². The van der Waals surface area contributed by atoms with Crippen LogP contribution in [-0.2, 0) is 18.8 Å². The molecule has 0 unspecified atom stereocenters. The van der Waals surface area contributed by atoms with Gasteiger partial charge in [-0.05, 0) is 36.6 Å². The van der Waals surface area contributed by atoms with Gasteiger partial charge < -0.3 is 4.57 Å². The van der Waals surface area contributed by atoms with Crippen LogP contribution < -0.4 is 0 Å². The molecule has 0 atom stereocenters. The highest BCUT2D eigenvalue weighted by Gasteiger charge is 2.04. The highest BCUT2D eigenvalue weighted by molar-refractivity contribution is 6.16. The van der Waals surface area contributed by atoms with Gasteiger partial charge in [0.2, 0.25) is 0 Å². The Balaban J connectivity index is 2.07. The zero-order valence-corrected chi connectivity index (χ0v) is 10.3. The molecule has 0 N–H and O–H groups in total. The lowest BCUT2D eigenvalue weighted by Gasteiger charge is -2.07. The quantitative estimate of drug-likeness (QED) is 0.785. The number of nitrogens with zero attached hydrogens (tertiary/aromatic N) is 3. The maximum atomic E-state index is 12.9. The number of alkyl halides is 1. The van der Waals surface area contributed by atoms with Gasteiger partial charge in [0.1, 0.15) is 18.0 Å². The first-order valence-corrected chi connectivity index (χ1v) is 5.92. The van der Waals surface area contributed by atoms with Gasteiger partial charge in [-0.25, -0.2) is 4.39 Å². The summed E-state index contributed by atoms with van der Waals surface area (Å²) >= 11 is 5.73. The third-order valence-corrected chi connectivity index (χ3v) is 2.98. The van der Waals surface area contributed by atoms with Crippen molar-refractivity contribution < 1.29 is 4.39 Å². The minimum Gasteiger partial charge on any atom is -0.316 e. The van der Waals surface area contributed by atoms with Gasteiger partial charge in [-0.3, -0.25) is 0 Å². The number of hydrogen-bond acceptors (Lipinski definition) is 2. The van der Waals surface area contributed by atoms with Crippen LogP contribution in [-0.4, -0.2) is 14.8 Å². The molecule has 0 saturated heterocycles. The normalized spacial score (nSPS) is 10.8. The van der Waals surface area contributed by atoms with Gasteiger partial charge in [-0.2, -0.15) is 0 Å². The van der Waals surface area contributed by atoms with Gasteiger partial charge >= 0.3 is 0 Å². The summed E-state index contributed by atoms with van der Waals surface area (Å²) in [7, 11) is 0. The minimum atomic E-state index is -0.197. The highest BCUT2D eigenvalue weighted by Crippen LogP contribution is 2.12. The van der Waals surface area contributed by atoms with Crippen LogP contribution in [0, 0.1) is 12.7 Å². The summed E-state index contributed by atoms with van der Waals surface area (Å²) in [6.07, 6.45) is 2.48. The van der Waals surface area contributed by atoms with E-state index in [1.165, 1.54) is 6.07 Å². The molecule has 5 heteroatoms. The molecule has 0 aliphatic rings. The topological polar surface area (TPSA) is 30.7 Å². The van der Waals surface area contributed by atoms with Crippen LogP contribution >= 0.6 is 11.6 Å². The molecule has 0 amide bonds. The summed E-state index contributed by atoms with van der Waals surface area (Å²) in [6, 6.07) is 4.84. The van der Waals surface area contributed by atoms with Gasteiger partial charge in [0.25, 0.3) is 0 Å². The SMILES string of the molecule is Cc1cc(F)ccc1CCn1cnnc1CCl. The van der Waals surface area contributed by atoms with Crippen LogP contribution in [0.1, 0.15) is 17.0 Å². The predicted octanol–water partition coefficient (Wildman–Crippen LogP) is 2.71. The summed E-state index contributed by atoms with van der Waals surface area (Å²) < 4.78 is 14.8. The van der Waals surface area contributed by atoms with Gasteiger partial charge in [0.05, 0.1) is 5.88 Å². The van der Waals surface area contributed by atoms with Crippen LogP contribution in [0.15, 0.2) is 24.5 Å². The van der Waals surface area contributed by atoms with Gasteiger partial charge in [-0.1, -0.05) is 6.07 Å². The fourth-order valence-corrected chi connectivity index (χ4v) is 1.96. The smallest absolute Gasteiger partial charge is 0.147 e. The molecule has 0 bridgehead atoms. The fourth-order valence-electron chi connectivity index (χ4n) is 1.75. The molecule has 0 spiro atoms. The van der Waals surface area contributed by atoms with Crippen molar-refractivity contribution in [1.82, 2.24) is 14.8 Å². The van der Waals surface area contributed by atoms with Crippen molar-refractivity contribution in [3.05, 3.63) is 47.3 Å². The van der Waals surface area contributed by atoms with Crippen molar-refractivity contribution in [2.45, 2.75) is 25.8 Å². The molecule has 17 heavy (non-hydrogen) atoms. The van der Waals surface area contributed by atoms with Crippen molar-refractivity contribution in [3.63, 3.8) is 0 Å². The van der Waals surface area contributed by atoms with Crippen molar-refractivity contribution in [2.75, 3.05) is 0 Å². The monoisotopic (exact) mass is 253 g/mol. The van der Waals surface area contributed by atoms with Crippen LogP contribution in [0.3, 0.4) is 0 Å². The number of aryl methyl sites for hydroxylation is 3. The Hall–Kier alpha value is -1.42. The van der Waals surface area contributed by atoms with E-state index in [1.54, 1.807) is 12.4 Å². The van der Waals surface area contributed by atoms with E-state index in [0.717, 1.165) is 29.9 Å². The molecule has 0 radical (unpaired) electrons. The zero-order chi connectivity index (χ0) is 12.3. The molecule has 0 fully saturated rings. The fraction of sp³-hybridized carbons (Fsp3) is 0.333. The largest absolute Gasteiger partial charge is 0.316 e. The Bertz CT molecular complexity index is 510. The Morgan fingerprint density at radius 3 is 2.94 bits per heavy atom. The molecule has 0 aliphatic carbocycles. The third-order valence-electron chi connectivity index (χ3n) is 2.74. The standard InChI is InChI=1S/C12H13ClFN3/c1-9-6-11(14)3-2-10(9)4-5-17-8-15-16-12(17)7-13/h2-3,6,8H,4-5,7H2,1H3. The molecule has 1 aromatic carbocycles. The number of halogens is 2. The van der Waals surface area contributed by atoms with Gasteiger partial charge in [0, 0.05) is 6.54 Å². The van der Waals surface area contributed by atoms with E-state index in [1.807, 2.05) is 17.6 Å². The maximum absolute atomic E-state index is 12.9. The first kappa shape index (κ1) is 12.0. The summed E-state index contributed by atoms with van der Waals surface area (Å²) in [6.45, 7) is 2.66. The third kappa shape index (κ3) is 2.82. The second-order valence-electron chi connectivity index (χ2n) is 3.89. The molecule has 3 nitrogen and oxygen atoms in total. The lowest BCUT2D eigenvalue weighted by atomic mass is 10.1. The number of hydrogen-bond donors (Lipinski definition) is 0. The van der Waals surface area contributed by atoms with E-state index in [4.69, 9.17) is 11.6 Å². The number of benzene rings is 1. The maximum Gasteiger partial charge on any atom is 0.147 e. The first-order chi connectivity index (χ1) is 8.20. The summed E-state index contributed by atoms with van der Waals surface area (Å²) in [5.74, 6) is 0.908. The Kier molecular flexibility index (Phi) is 3.74. The Morgan fingerprint density at radius 1 is 1.41 bits per heavy atom. The van der Waals surface area contributed by atoms with E-state index in [0.29, 0.717) is 5.88 Å². The first-order valence-electron chi connectivity index (χ1n) is 5.38. The Morgan fingerprint density at radius 2 is 2.24 bits per heavy atom. The zero-order valence-electron chi connectivity index (χ0n) is 9.53. The predicted molar refractivity (Wildman–Crippen MR) is 64.4 cm³/mol. The van der Waals surface area contributed by atoms with E-state index >= 15 is 0 Å². The van der Waals surface area contributed by atoms with Crippen molar-refractivity contribution in [2.24, 2.45) is 0 Å². The molecule has 1 aromatic heterocycles. The molecule has 0 saturated carbocycles. The van der Waals surface area contributed by atoms with E-state index in [2.05, 4.69) is 10.2 Å². The highest BCUT2D eigenvalue weighted by atomic mass is 35.5. The van der Waals surface area contributed by atoms with Crippen molar-refractivity contribution >= 4 is 11.6 Å². The lowest BCUT2D eigenvalue weighted by Crippen LogP contribution is -2.05. The van der Waals surface area contributed by atoms with Crippen LogP contribution in [0.2, 0.25) is 0 Å². The van der Waals surface area contributed by atoms with E-state index < -0.39 is 0 Å². The van der Waals surface area contributed by atoms with Crippen molar-refractivity contribution in [3.8, 4) is 0 Å². The molecule has 1 heterocycles. The van der Waals surface area contributed by atoms with Crippen LogP contribution in [0.4, 0.5) is 4.39 Å². The van der Waals surface area contributed by atoms with E-state index in [-0.39, 0.29) is 5.82 Å². The average molecular weight is 254 g/mol. The second-order valence-corrected chi connectivity index (χ2v) is 4.16. The molecule has 2 aromatic rings. The molecule has 2 rings (SSSR count). The second kappa shape index (κ2) is 5.27. The summed E-state index contributed by atoms with van der Waals surface area (Å²) in [5, 5.41) is 7.71. The van der Waals surface area contributed by atoms with Gasteiger partial charge in [-0.15, -0.1) is 21.8 Å². The van der Waals surface area contributed by atoms with Crippen LogP contribution in [0.5, 0.6) is 0 Å². The minimum absolute atomic E-state index is 0.197. The van der Waals surface area contributed by atoms with Crippen molar-refractivity contribution in [1.29, 1.82) is 0 Å². The molecule has 0 aliphatic heterocycles. The number of aromatic nitrogens is 3. The lowest BCUT2D eigenvalue weighted by molar-refractivity contribution is 0.622. The average Bonchev–Trinajstić information content (AvgIpc) is 2.75. The Labute approximate surface area is 104 Å². The molecular weight excluding hydrogens is 241 g/mol. The summed E-state index contributed by atoms with van der Waals surface area (Å²) in [4.78, 5) is 0. The summed E-state index contributed by atoms with van der Waals surface area (Å²) in [5.41, 5.74) is 2.09. The molecular formula is C12H13ClFN3. The van der Waals surface area contributed by atoms with Gasteiger partial charge in [0.15, 0.2) is 0 Å². The molecule has 90 valence electrons.